The van der Waals surface area contributed by atoms with Crippen LogP contribution in [-0.4, -0.2) is 38.3 Å². The van der Waals surface area contributed by atoms with Crippen molar-refractivity contribution in [2.75, 3.05) is 33.4 Å². The van der Waals surface area contributed by atoms with E-state index in [1.54, 1.807) is 0 Å². The van der Waals surface area contributed by atoms with Crippen LogP contribution in [0.15, 0.2) is 30.3 Å². The van der Waals surface area contributed by atoms with Crippen molar-refractivity contribution in [2.24, 2.45) is 5.73 Å². The summed E-state index contributed by atoms with van der Waals surface area (Å²) in [4.78, 5) is 2.24. The molecule has 2 N–H and O–H groups in total. The van der Waals surface area contributed by atoms with Gasteiger partial charge in [0, 0.05) is 19.6 Å². The van der Waals surface area contributed by atoms with E-state index in [4.69, 9.17) is 10.5 Å². The molecular formula is C12H20N2O. The molecule has 0 heterocycles. The topological polar surface area (TPSA) is 38.5 Å². The number of likely N-dealkylation sites (N-methyl/N-ethyl adjacent to an activating group) is 1. The first-order valence-electron chi connectivity index (χ1n) is 5.33. The van der Waals surface area contributed by atoms with Gasteiger partial charge in [-0.1, -0.05) is 30.3 Å². The van der Waals surface area contributed by atoms with Gasteiger partial charge in [-0.05, 0) is 12.6 Å². The second kappa shape index (κ2) is 7.40. The molecule has 0 radical (unpaired) electrons. The molecule has 3 heteroatoms. The van der Waals surface area contributed by atoms with Crippen molar-refractivity contribution < 1.29 is 4.74 Å². The maximum atomic E-state index is 5.33. The van der Waals surface area contributed by atoms with Crippen molar-refractivity contribution in [1.29, 1.82) is 0 Å². The van der Waals surface area contributed by atoms with Crippen molar-refractivity contribution in [3.63, 3.8) is 0 Å². The van der Waals surface area contributed by atoms with Gasteiger partial charge >= 0.3 is 0 Å². The highest BCUT2D eigenvalue weighted by Crippen LogP contribution is 2.01. The smallest absolute Gasteiger partial charge is 0.0594 e. The summed E-state index contributed by atoms with van der Waals surface area (Å²) in [6.45, 7) is 3.91. The van der Waals surface area contributed by atoms with Crippen molar-refractivity contribution in [3.05, 3.63) is 35.9 Å². The zero-order valence-electron chi connectivity index (χ0n) is 9.36. The summed E-state index contributed by atoms with van der Waals surface area (Å²) < 4.78 is 5.32. The quantitative estimate of drug-likeness (QED) is 0.682. The predicted octanol–water partition coefficient (Wildman–Crippen LogP) is 1.09. The molecule has 0 aliphatic rings. The summed E-state index contributed by atoms with van der Waals surface area (Å²) in [7, 11) is 2.10. The van der Waals surface area contributed by atoms with E-state index < -0.39 is 0 Å². The minimum atomic E-state index is 0.600. The number of nitrogens with zero attached hydrogens (tertiary/aromatic N) is 1. The normalized spacial score (nSPS) is 10.9. The van der Waals surface area contributed by atoms with Gasteiger partial charge < -0.3 is 10.5 Å². The Morgan fingerprint density at radius 3 is 2.60 bits per heavy atom. The van der Waals surface area contributed by atoms with E-state index in [1.165, 1.54) is 5.56 Å². The Morgan fingerprint density at radius 1 is 1.20 bits per heavy atom. The van der Waals surface area contributed by atoms with Crippen molar-refractivity contribution in [3.8, 4) is 0 Å². The van der Waals surface area contributed by atoms with Gasteiger partial charge in [0.05, 0.1) is 13.2 Å². The Kier molecular flexibility index (Phi) is 6.00. The third-order valence-corrected chi connectivity index (χ3v) is 2.17. The second-order valence-corrected chi connectivity index (χ2v) is 3.62. The highest BCUT2D eigenvalue weighted by molar-refractivity contribution is 5.14. The molecule has 3 nitrogen and oxygen atoms in total. The maximum Gasteiger partial charge on any atom is 0.0594 e. The fourth-order valence-corrected chi connectivity index (χ4v) is 1.38. The van der Waals surface area contributed by atoms with E-state index in [9.17, 15) is 0 Å². The zero-order valence-corrected chi connectivity index (χ0v) is 9.36. The number of rotatable bonds is 7. The summed E-state index contributed by atoms with van der Waals surface area (Å²) in [6.07, 6.45) is 0. The van der Waals surface area contributed by atoms with E-state index in [2.05, 4.69) is 36.2 Å². The second-order valence-electron chi connectivity index (χ2n) is 3.62. The summed E-state index contributed by atoms with van der Waals surface area (Å²) in [5.74, 6) is 0. The number of nitrogens with two attached hydrogens (primary N) is 1. The highest BCUT2D eigenvalue weighted by atomic mass is 16.5. The lowest BCUT2D eigenvalue weighted by Gasteiger charge is -2.16. The molecule has 0 spiro atoms. The fraction of sp³-hybridized carbons (Fsp3) is 0.500. The first-order valence-corrected chi connectivity index (χ1v) is 5.33. The molecule has 0 aromatic heterocycles. The molecule has 1 rings (SSSR count). The van der Waals surface area contributed by atoms with Crippen LogP contribution in [0.25, 0.3) is 0 Å². The zero-order chi connectivity index (χ0) is 10.9. The van der Waals surface area contributed by atoms with Gasteiger partial charge in [0.1, 0.15) is 0 Å². The molecule has 0 atom stereocenters. The molecule has 15 heavy (non-hydrogen) atoms. The molecule has 1 aromatic rings. The molecular weight excluding hydrogens is 188 g/mol. The van der Waals surface area contributed by atoms with Crippen LogP contribution in [0.3, 0.4) is 0 Å². The standard InChI is InChI=1S/C12H20N2O/c1-14(8-10-15-9-7-13)11-12-5-3-2-4-6-12/h2-6H,7-11,13H2,1H3. The average molecular weight is 208 g/mol. The summed E-state index contributed by atoms with van der Waals surface area (Å²) in [5, 5.41) is 0. The van der Waals surface area contributed by atoms with Gasteiger partial charge in [0.15, 0.2) is 0 Å². The van der Waals surface area contributed by atoms with Crippen LogP contribution in [0.4, 0.5) is 0 Å². The minimum absolute atomic E-state index is 0.600. The lowest BCUT2D eigenvalue weighted by Crippen LogP contribution is -2.23. The molecule has 0 fully saturated rings. The molecule has 0 unspecified atom stereocenters. The van der Waals surface area contributed by atoms with Crippen molar-refractivity contribution >= 4 is 0 Å². The van der Waals surface area contributed by atoms with Gasteiger partial charge in [-0.15, -0.1) is 0 Å². The van der Waals surface area contributed by atoms with Crippen molar-refractivity contribution in [2.45, 2.75) is 6.54 Å². The van der Waals surface area contributed by atoms with E-state index in [1.807, 2.05) is 6.07 Å². The van der Waals surface area contributed by atoms with Gasteiger partial charge in [-0.25, -0.2) is 0 Å². The number of hydrogen-bond acceptors (Lipinski definition) is 3. The fourth-order valence-electron chi connectivity index (χ4n) is 1.38. The van der Waals surface area contributed by atoms with Crippen molar-refractivity contribution in [1.82, 2.24) is 4.90 Å². The van der Waals surface area contributed by atoms with Gasteiger partial charge in [0.25, 0.3) is 0 Å². The van der Waals surface area contributed by atoms with Crippen LogP contribution < -0.4 is 5.73 Å². The van der Waals surface area contributed by atoms with E-state index in [0.29, 0.717) is 13.2 Å². The number of hydrogen-bond donors (Lipinski definition) is 1. The Morgan fingerprint density at radius 2 is 1.93 bits per heavy atom. The van der Waals surface area contributed by atoms with Gasteiger partial charge in [-0.3, -0.25) is 4.90 Å². The molecule has 0 saturated heterocycles. The summed E-state index contributed by atoms with van der Waals surface area (Å²) in [5.41, 5.74) is 6.66. The number of benzene rings is 1. The van der Waals surface area contributed by atoms with Crippen LogP contribution in [0.5, 0.6) is 0 Å². The van der Waals surface area contributed by atoms with Gasteiger partial charge in [-0.2, -0.15) is 0 Å². The number of ether oxygens (including phenoxy) is 1. The monoisotopic (exact) mass is 208 g/mol. The lowest BCUT2D eigenvalue weighted by molar-refractivity contribution is 0.115. The van der Waals surface area contributed by atoms with Crippen LogP contribution in [0, 0.1) is 0 Å². The van der Waals surface area contributed by atoms with Crippen LogP contribution in [0.2, 0.25) is 0 Å². The Labute approximate surface area is 91.8 Å². The predicted molar refractivity (Wildman–Crippen MR) is 62.6 cm³/mol. The molecule has 0 aliphatic heterocycles. The average Bonchev–Trinajstić information content (AvgIpc) is 2.26. The summed E-state index contributed by atoms with van der Waals surface area (Å²) >= 11 is 0. The first-order chi connectivity index (χ1) is 7.33. The largest absolute Gasteiger partial charge is 0.379 e. The molecule has 0 bridgehead atoms. The first kappa shape index (κ1) is 12.2. The minimum Gasteiger partial charge on any atom is -0.379 e. The Bertz CT molecular complexity index is 251. The van der Waals surface area contributed by atoms with E-state index in [0.717, 1.165) is 19.7 Å². The molecule has 0 saturated carbocycles. The Hall–Kier alpha value is -0.900. The molecule has 84 valence electrons. The highest BCUT2D eigenvalue weighted by Gasteiger charge is 1.99. The molecule has 0 amide bonds. The lowest BCUT2D eigenvalue weighted by atomic mass is 10.2. The third kappa shape index (κ3) is 5.52. The third-order valence-electron chi connectivity index (χ3n) is 2.17. The van der Waals surface area contributed by atoms with Crippen LogP contribution in [-0.2, 0) is 11.3 Å². The SMILES string of the molecule is CN(CCOCCN)Cc1ccccc1. The maximum absolute atomic E-state index is 5.33. The Balaban J connectivity index is 2.16. The van der Waals surface area contributed by atoms with Gasteiger partial charge in [0.2, 0.25) is 0 Å². The van der Waals surface area contributed by atoms with E-state index >= 15 is 0 Å². The molecule has 0 aliphatic carbocycles. The molecule has 1 aromatic carbocycles. The van der Waals surface area contributed by atoms with E-state index in [-0.39, 0.29) is 0 Å². The van der Waals surface area contributed by atoms with Crippen LogP contribution >= 0.6 is 0 Å². The summed E-state index contributed by atoms with van der Waals surface area (Å²) in [6, 6.07) is 10.4. The van der Waals surface area contributed by atoms with Crippen LogP contribution in [0.1, 0.15) is 5.56 Å².